The molecule has 16 heavy (non-hydrogen) atoms. The number of nitrogens with one attached hydrogen (secondary N) is 1. The van der Waals surface area contributed by atoms with E-state index in [9.17, 15) is 4.79 Å². The predicted molar refractivity (Wildman–Crippen MR) is 63.4 cm³/mol. The molecule has 88 valence electrons. The van der Waals surface area contributed by atoms with Crippen molar-refractivity contribution in [1.82, 2.24) is 5.32 Å². The van der Waals surface area contributed by atoms with E-state index in [1.165, 1.54) is 5.56 Å². The first kappa shape index (κ1) is 12.5. The van der Waals surface area contributed by atoms with E-state index in [0.29, 0.717) is 0 Å². The smallest absolute Gasteiger partial charge is 0.238 e. The van der Waals surface area contributed by atoms with Gasteiger partial charge in [0.1, 0.15) is 18.4 Å². The Balaban J connectivity index is 2.56. The van der Waals surface area contributed by atoms with Crippen molar-refractivity contribution in [1.29, 1.82) is 0 Å². The lowest BCUT2D eigenvalue weighted by Gasteiger charge is -2.13. The molecule has 1 aromatic rings. The number of hydrogen-bond acceptors (Lipinski definition) is 3. The Labute approximate surface area is 95.8 Å². The second-order valence-electron chi connectivity index (χ2n) is 3.56. The Bertz CT molecular complexity index is 353. The SMILES string of the molecule is CCc1cccc(OCC(NC)C(N)=O)c1. The Morgan fingerprint density at radius 1 is 1.56 bits per heavy atom. The van der Waals surface area contributed by atoms with Crippen molar-refractivity contribution in [3.05, 3.63) is 29.8 Å². The molecular formula is C12H18N2O2. The monoisotopic (exact) mass is 222 g/mol. The van der Waals surface area contributed by atoms with Crippen LogP contribution in [-0.4, -0.2) is 25.6 Å². The standard InChI is InChI=1S/C12H18N2O2/c1-3-9-5-4-6-10(7-9)16-8-11(14-2)12(13)15/h4-7,11,14H,3,8H2,1-2H3,(H2,13,15). The molecule has 0 aliphatic rings. The van der Waals surface area contributed by atoms with Gasteiger partial charge in [0.05, 0.1) is 0 Å². The van der Waals surface area contributed by atoms with Crippen LogP contribution in [0.4, 0.5) is 0 Å². The normalized spacial score (nSPS) is 12.1. The first-order valence-corrected chi connectivity index (χ1v) is 5.35. The third-order valence-corrected chi connectivity index (χ3v) is 2.42. The van der Waals surface area contributed by atoms with Crippen molar-refractivity contribution in [3.8, 4) is 5.75 Å². The molecule has 4 heteroatoms. The van der Waals surface area contributed by atoms with Crippen LogP contribution in [-0.2, 0) is 11.2 Å². The number of rotatable bonds is 6. The van der Waals surface area contributed by atoms with Gasteiger partial charge in [0.2, 0.25) is 5.91 Å². The first-order valence-electron chi connectivity index (χ1n) is 5.35. The summed E-state index contributed by atoms with van der Waals surface area (Å²) in [5.41, 5.74) is 6.39. The number of benzene rings is 1. The molecule has 0 aliphatic carbocycles. The zero-order chi connectivity index (χ0) is 12.0. The van der Waals surface area contributed by atoms with Crippen LogP contribution >= 0.6 is 0 Å². The van der Waals surface area contributed by atoms with Crippen LogP contribution in [0.5, 0.6) is 5.75 Å². The lowest BCUT2D eigenvalue weighted by atomic mass is 10.2. The van der Waals surface area contributed by atoms with Crippen LogP contribution in [0.3, 0.4) is 0 Å². The van der Waals surface area contributed by atoms with Gasteiger partial charge in [0.25, 0.3) is 0 Å². The van der Waals surface area contributed by atoms with Crippen molar-refractivity contribution in [2.75, 3.05) is 13.7 Å². The van der Waals surface area contributed by atoms with Gasteiger partial charge in [-0.2, -0.15) is 0 Å². The van der Waals surface area contributed by atoms with Crippen molar-refractivity contribution in [3.63, 3.8) is 0 Å². The topological polar surface area (TPSA) is 64.3 Å². The highest BCUT2D eigenvalue weighted by Crippen LogP contribution is 2.13. The molecule has 0 fully saturated rings. The maximum atomic E-state index is 11.0. The third kappa shape index (κ3) is 3.55. The summed E-state index contributed by atoms with van der Waals surface area (Å²) in [4.78, 5) is 11.0. The van der Waals surface area contributed by atoms with E-state index >= 15 is 0 Å². The van der Waals surface area contributed by atoms with Crippen LogP contribution in [0.1, 0.15) is 12.5 Å². The fourth-order valence-electron chi connectivity index (χ4n) is 1.34. The molecule has 0 aromatic heterocycles. The lowest BCUT2D eigenvalue weighted by Crippen LogP contribution is -2.43. The maximum Gasteiger partial charge on any atom is 0.238 e. The summed E-state index contributed by atoms with van der Waals surface area (Å²) in [6.07, 6.45) is 0.961. The van der Waals surface area contributed by atoms with Crippen molar-refractivity contribution in [2.45, 2.75) is 19.4 Å². The average Bonchev–Trinajstić information content (AvgIpc) is 2.29. The molecule has 0 bridgehead atoms. The number of nitrogens with two attached hydrogens (primary N) is 1. The summed E-state index contributed by atoms with van der Waals surface area (Å²) in [6, 6.07) is 7.36. The number of aryl methyl sites for hydroxylation is 1. The summed E-state index contributed by atoms with van der Waals surface area (Å²) < 4.78 is 5.50. The van der Waals surface area contributed by atoms with Gasteiger partial charge in [0.15, 0.2) is 0 Å². The highest BCUT2D eigenvalue weighted by Gasteiger charge is 2.12. The van der Waals surface area contributed by atoms with Crippen LogP contribution in [0, 0.1) is 0 Å². The molecule has 0 saturated heterocycles. The Morgan fingerprint density at radius 3 is 2.88 bits per heavy atom. The van der Waals surface area contributed by atoms with E-state index < -0.39 is 11.9 Å². The molecule has 1 unspecified atom stereocenters. The second-order valence-corrected chi connectivity index (χ2v) is 3.56. The zero-order valence-corrected chi connectivity index (χ0v) is 9.69. The summed E-state index contributed by atoms with van der Waals surface area (Å²) >= 11 is 0. The Kier molecular flexibility index (Phi) is 4.79. The minimum Gasteiger partial charge on any atom is -0.491 e. The van der Waals surface area contributed by atoms with Crippen LogP contribution < -0.4 is 15.8 Å². The van der Waals surface area contributed by atoms with Crippen LogP contribution in [0.15, 0.2) is 24.3 Å². The average molecular weight is 222 g/mol. The Hall–Kier alpha value is -1.55. The largest absolute Gasteiger partial charge is 0.491 e. The molecule has 1 rings (SSSR count). The minimum absolute atomic E-state index is 0.249. The number of hydrogen-bond donors (Lipinski definition) is 2. The fraction of sp³-hybridized carbons (Fsp3) is 0.417. The van der Waals surface area contributed by atoms with Gasteiger partial charge in [-0.15, -0.1) is 0 Å². The molecule has 0 radical (unpaired) electrons. The molecule has 0 saturated carbocycles. The quantitative estimate of drug-likeness (QED) is 0.744. The van der Waals surface area contributed by atoms with Gasteiger partial charge in [-0.1, -0.05) is 19.1 Å². The molecule has 4 nitrogen and oxygen atoms in total. The third-order valence-electron chi connectivity index (χ3n) is 2.42. The number of likely N-dealkylation sites (N-methyl/N-ethyl adjacent to an activating group) is 1. The number of ether oxygens (including phenoxy) is 1. The van der Waals surface area contributed by atoms with Crippen molar-refractivity contribution >= 4 is 5.91 Å². The van der Waals surface area contributed by atoms with Gasteiger partial charge in [-0.3, -0.25) is 4.79 Å². The van der Waals surface area contributed by atoms with E-state index in [2.05, 4.69) is 12.2 Å². The molecule has 0 spiro atoms. The van der Waals surface area contributed by atoms with Gasteiger partial charge in [-0.05, 0) is 31.2 Å². The van der Waals surface area contributed by atoms with Gasteiger partial charge < -0.3 is 15.8 Å². The molecule has 1 amide bonds. The number of primary amides is 1. The number of amides is 1. The predicted octanol–water partition coefficient (Wildman–Crippen LogP) is 0.701. The van der Waals surface area contributed by atoms with Crippen LogP contribution in [0.2, 0.25) is 0 Å². The van der Waals surface area contributed by atoms with E-state index in [0.717, 1.165) is 12.2 Å². The number of carbonyl (C=O) groups is 1. The highest BCUT2D eigenvalue weighted by molar-refractivity contribution is 5.79. The lowest BCUT2D eigenvalue weighted by molar-refractivity contribution is -0.120. The second kappa shape index (κ2) is 6.12. The van der Waals surface area contributed by atoms with E-state index in [1.807, 2.05) is 24.3 Å². The summed E-state index contributed by atoms with van der Waals surface area (Å²) in [5, 5.41) is 2.80. The maximum absolute atomic E-state index is 11.0. The summed E-state index contributed by atoms with van der Waals surface area (Å²) in [5.74, 6) is 0.356. The van der Waals surface area contributed by atoms with Gasteiger partial charge in [-0.25, -0.2) is 0 Å². The van der Waals surface area contributed by atoms with Gasteiger partial charge in [0, 0.05) is 0 Å². The van der Waals surface area contributed by atoms with E-state index in [4.69, 9.17) is 10.5 Å². The van der Waals surface area contributed by atoms with Crippen molar-refractivity contribution in [2.24, 2.45) is 5.73 Å². The number of carbonyl (C=O) groups excluding carboxylic acids is 1. The first-order chi connectivity index (χ1) is 7.67. The van der Waals surface area contributed by atoms with Crippen molar-refractivity contribution < 1.29 is 9.53 Å². The summed E-state index contributed by atoms with van der Waals surface area (Å²) in [6.45, 7) is 2.33. The molecule has 1 atom stereocenters. The molecule has 0 heterocycles. The van der Waals surface area contributed by atoms with Crippen LogP contribution in [0.25, 0.3) is 0 Å². The van der Waals surface area contributed by atoms with Gasteiger partial charge >= 0.3 is 0 Å². The molecular weight excluding hydrogens is 204 g/mol. The highest BCUT2D eigenvalue weighted by atomic mass is 16.5. The minimum atomic E-state index is -0.453. The Morgan fingerprint density at radius 2 is 2.31 bits per heavy atom. The van der Waals surface area contributed by atoms with E-state index in [1.54, 1.807) is 7.05 Å². The molecule has 3 N–H and O–H groups in total. The summed E-state index contributed by atoms with van der Waals surface area (Å²) in [7, 11) is 1.68. The van der Waals surface area contributed by atoms with E-state index in [-0.39, 0.29) is 6.61 Å². The molecule has 1 aromatic carbocycles. The fourth-order valence-corrected chi connectivity index (χ4v) is 1.34. The zero-order valence-electron chi connectivity index (χ0n) is 9.69. The molecule has 0 aliphatic heterocycles.